The molecule has 0 rings (SSSR count). The van der Waals surface area contributed by atoms with Crippen LogP contribution in [-0.2, 0) is 0 Å². The van der Waals surface area contributed by atoms with E-state index < -0.39 is 0 Å². The molecular weight excluding hydrogens is 360 g/mol. The average Bonchev–Trinajstić information content (AvgIpc) is 2.74. The van der Waals surface area contributed by atoms with Gasteiger partial charge in [-0.2, -0.15) is 0 Å². The maximum absolute atomic E-state index is 3.79. The first kappa shape index (κ1) is 31.7. The Hall–Kier alpha value is -0.520. The molecule has 0 fully saturated rings. The maximum Gasteiger partial charge on any atom is -0.0328 e. The Morgan fingerprint density at radius 1 is 0.500 bits per heavy atom. The second-order valence-corrected chi connectivity index (χ2v) is 9.77. The van der Waals surface area contributed by atoms with E-state index in [2.05, 4.69) is 46.9 Å². The first-order chi connectivity index (χ1) is 14.6. The molecule has 2 unspecified atom stereocenters. The van der Waals surface area contributed by atoms with Gasteiger partial charge < -0.3 is 0 Å². The molecule has 0 nitrogen and oxygen atoms in total. The first-order valence-electron chi connectivity index (χ1n) is 13.8. The van der Waals surface area contributed by atoms with E-state index >= 15 is 0 Å². The summed E-state index contributed by atoms with van der Waals surface area (Å²) in [4.78, 5) is 0. The molecule has 0 aliphatic heterocycles. The lowest BCUT2D eigenvalue weighted by molar-refractivity contribution is 0.458. The lowest BCUT2D eigenvalue weighted by atomic mass is 9.97. The fourth-order valence-corrected chi connectivity index (χ4v) is 4.03. The highest BCUT2D eigenvalue weighted by Gasteiger charge is 2.00. The van der Waals surface area contributed by atoms with Gasteiger partial charge in [0.1, 0.15) is 0 Å². The molecule has 0 heterocycles. The van der Waals surface area contributed by atoms with Crippen molar-refractivity contribution in [3.05, 3.63) is 25.3 Å². The van der Waals surface area contributed by atoms with Gasteiger partial charge in [0.15, 0.2) is 0 Å². The summed E-state index contributed by atoms with van der Waals surface area (Å²) < 4.78 is 0. The zero-order valence-electron chi connectivity index (χ0n) is 21.9. The van der Waals surface area contributed by atoms with Crippen LogP contribution >= 0.6 is 0 Å². The summed E-state index contributed by atoms with van der Waals surface area (Å²) >= 11 is 0. The van der Waals surface area contributed by atoms with Gasteiger partial charge in [-0.15, -0.1) is 13.2 Å². The zero-order chi connectivity index (χ0) is 22.7. The molecule has 0 saturated heterocycles. The molecule has 0 bridgehead atoms. The van der Waals surface area contributed by atoms with Crippen LogP contribution in [0.25, 0.3) is 0 Å². The van der Waals surface area contributed by atoms with Crippen molar-refractivity contribution in [3.8, 4) is 0 Å². The predicted octanol–water partition coefficient (Wildman–Crippen LogP) is 11.5. The lowest BCUT2D eigenvalue weighted by Gasteiger charge is -2.09. The smallest absolute Gasteiger partial charge is 0.0328 e. The second kappa shape index (κ2) is 28.5. The summed E-state index contributed by atoms with van der Waals surface area (Å²) in [6, 6.07) is 0. The predicted molar refractivity (Wildman–Crippen MR) is 142 cm³/mol. The van der Waals surface area contributed by atoms with Gasteiger partial charge in [-0.25, -0.2) is 0 Å². The quantitative estimate of drug-likeness (QED) is 0.121. The zero-order valence-corrected chi connectivity index (χ0v) is 21.9. The van der Waals surface area contributed by atoms with E-state index in [0.29, 0.717) is 0 Å². The summed E-state index contributed by atoms with van der Waals surface area (Å²) in [6.07, 6.45) is 32.1. The van der Waals surface area contributed by atoms with Gasteiger partial charge in [0.25, 0.3) is 0 Å². The van der Waals surface area contributed by atoms with Gasteiger partial charge in [0, 0.05) is 0 Å². The summed E-state index contributed by atoms with van der Waals surface area (Å²) in [5.41, 5.74) is 0. The van der Waals surface area contributed by atoms with Crippen molar-refractivity contribution in [2.45, 2.75) is 156 Å². The van der Waals surface area contributed by atoms with E-state index in [-0.39, 0.29) is 0 Å². The molecule has 0 heteroatoms. The third-order valence-corrected chi connectivity index (χ3v) is 6.28. The van der Waals surface area contributed by atoms with Gasteiger partial charge in [0.05, 0.1) is 0 Å². The van der Waals surface area contributed by atoms with Crippen LogP contribution in [0.2, 0.25) is 0 Å². The molecule has 0 spiro atoms. The first-order valence-corrected chi connectivity index (χ1v) is 13.8. The van der Waals surface area contributed by atoms with Crippen LogP contribution in [0.3, 0.4) is 0 Å². The molecule has 0 amide bonds. The number of unbranched alkanes of at least 4 members (excludes halogenated alkanes) is 13. The van der Waals surface area contributed by atoms with Crippen LogP contribution in [0.1, 0.15) is 156 Å². The van der Waals surface area contributed by atoms with Crippen molar-refractivity contribution in [3.63, 3.8) is 0 Å². The maximum atomic E-state index is 3.79. The van der Waals surface area contributed by atoms with Crippen LogP contribution < -0.4 is 0 Å². The van der Waals surface area contributed by atoms with Gasteiger partial charge >= 0.3 is 0 Å². The third-order valence-electron chi connectivity index (χ3n) is 6.28. The van der Waals surface area contributed by atoms with Crippen molar-refractivity contribution in [2.75, 3.05) is 0 Å². The minimum absolute atomic E-state index is 0.850. The van der Waals surface area contributed by atoms with Crippen molar-refractivity contribution >= 4 is 0 Å². The van der Waals surface area contributed by atoms with E-state index in [0.717, 1.165) is 11.8 Å². The van der Waals surface area contributed by atoms with E-state index in [1.54, 1.807) is 0 Å². The summed E-state index contributed by atoms with van der Waals surface area (Å²) in [5.74, 6) is 1.75. The molecule has 0 aliphatic rings. The molecule has 0 aromatic carbocycles. The molecule has 0 aromatic rings. The average molecular weight is 421 g/mol. The molecule has 0 aromatic heterocycles. The monoisotopic (exact) mass is 420 g/mol. The van der Waals surface area contributed by atoms with E-state index in [1.807, 2.05) is 6.08 Å². The Bertz CT molecular complexity index is 316. The van der Waals surface area contributed by atoms with Gasteiger partial charge in [-0.1, -0.05) is 149 Å². The highest BCUT2D eigenvalue weighted by Crippen LogP contribution is 2.17. The largest absolute Gasteiger partial charge is 0.103 e. The Morgan fingerprint density at radius 3 is 1.30 bits per heavy atom. The summed E-state index contributed by atoms with van der Waals surface area (Å²) in [5, 5.41) is 0. The molecule has 0 N–H and O–H groups in total. The molecule has 0 radical (unpaired) electrons. The molecule has 30 heavy (non-hydrogen) atoms. The molecule has 2 atom stereocenters. The SMILES string of the molecule is C=CCC(C)CCCCCCCCCC.C=CCCC(C)CCCCCCCCC. The van der Waals surface area contributed by atoms with Gasteiger partial charge in [-0.05, 0) is 31.1 Å². The second-order valence-electron chi connectivity index (χ2n) is 9.77. The lowest BCUT2D eigenvalue weighted by Crippen LogP contribution is -1.93. The minimum atomic E-state index is 0.850. The van der Waals surface area contributed by atoms with E-state index in [1.165, 1.54) is 128 Å². The van der Waals surface area contributed by atoms with E-state index in [4.69, 9.17) is 0 Å². The van der Waals surface area contributed by atoms with Gasteiger partial charge in [-0.3, -0.25) is 0 Å². The van der Waals surface area contributed by atoms with Crippen molar-refractivity contribution in [1.29, 1.82) is 0 Å². The number of hydrogen-bond donors (Lipinski definition) is 0. The van der Waals surface area contributed by atoms with Crippen LogP contribution in [0.4, 0.5) is 0 Å². The van der Waals surface area contributed by atoms with E-state index in [9.17, 15) is 0 Å². The van der Waals surface area contributed by atoms with Crippen molar-refractivity contribution < 1.29 is 0 Å². The molecule has 0 saturated carbocycles. The summed E-state index contributed by atoms with van der Waals surface area (Å²) in [7, 11) is 0. The highest BCUT2D eigenvalue weighted by atomic mass is 14.1. The Balaban J connectivity index is 0. The molecule has 180 valence electrons. The van der Waals surface area contributed by atoms with Crippen LogP contribution in [0.5, 0.6) is 0 Å². The summed E-state index contributed by atoms with van der Waals surface area (Å²) in [6.45, 7) is 16.8. The van der Waals surface area contributed by atoms with Crippen LogP contribution in [-0.4, -0.2) is 0 Å². The third kappa shape index (κ3) is 29.7. The Kier molecular flexibility index (Phi) is 30.1. The standard InChI is InChI=1S/2C15H30/c1-4-6-7-8-9-10-11-12-14-15(3)13-5-2;1-4-6-8-9-10-11-12-14-15(3)13-7-5-2/h2*5,15H,2,4,6-14H2,1,3H3. The minimum Gasteiger partial charge on any atom is -0.103 e. The fourth-order valence-electron chi connectivity index (χ4n) is 4.03. The van der Waals surface area contributed by atoms with Gasteiger partial charge in [0.2, 0.25) is 0 Å². The number of hydrogen-bond acceptors (Lipinski definition) is 0. The number of rotatable bonds is 22. The normalized spacial score (nSPS) is 12.7. The number of allylic oxidation sites excluding steroid dienone is 2. The molecule has 0 aliphatic carbocycles. The Morgan fingerprint density at radius 2 is 0.900 bits per heavy atom. The van der Waals surface area contributed by atoms with Crippen molar-refractivity contribution in [1.82, 2.24) is 0 Å². The van der Waals surface area contributed by atoms with Crippen molar-refractivity contribution in [2.24, 2.45) is 11.8 Å². The molecular formula is C30H60. The Labute approximate surface area is 193 Å². The van der Waals surface area contributed by atoms with Crippen LogP contribution in [0.15, 0.2) is 25.3 Å². The van der Waals surface area contributed by atoms with Crippen LogP contribution in [0, 0.1) is 11.8 Å². The fraction of sp³-hybridized carbons (Fsp3) is 0.867. The highest BCUT2D eigenvalue weighted by molar-refractivity contribution is 4.70. The topological polar surface area (TPSA) is 0 Å².